The molecule has 1 rings (SSSR count). The van der Waals surface area contributed by atoms with Crippen LogP contribution in [0.2, 0.25) is 0 Å². The van der Waals surface area contributed by atoms with Crippen LogP contribution in [0.4, 0.5) is 0 Å². The van der Waals surface area contributed by atoms with Gasteiger partial charge in [-0.1, -0.05) is 6.92 Å². The third-order valence-electron chi connectivity index (χ3n) is 2.98. The molecule has 1 aromatic rings. The van der Waals surface area contributed by atoms with Crippen molar-refractivity contribution < 1.29 is 14.3 Å². The van der Waals surface area contributed by atoms with Gasteiger partial charge >= 0.3 is 0 Å². The van der Waals surface area contributed by atoms with Crippen molar-refractivity contribution in [3.63, 3.8) is 0 Å². The maximum absolute atomic E-state index is 11.7. The summed E-state index contributed by atoms with van der Waals surface area (Å²) in [5.41, 5.74) is 0.671. The second kappa shape index (κ2) is 7.56. The maximum Gasteiger partial charge on any atom is 0.260 e. The molecule has 0 aromatic heterocycles. The first kappa shape index (κ1) is 15.2. The fraction of sp³-hybridized carbons (Fsp3) is 0.467. The van der Waals surface area contributed by atoms with Crippen LogP contribution in [0.25, 0.3) is 0 Å². The Morgan fingerprint density at radius 1 is 1.05 bits per heavy atom. The molecule has 1 aromatic carbocycles. The van der Waals surface area contributed by atoms with Crippen LogP contribution >= 0.6 is 0 Å². The van der Waals surface area contributed by atoms with E-state index < -0.39 is 0 Å². The minimum absolute atomic E-state index is 0.0290. The van der Waals surface area contributed by atoms with E-state index in [-0.39, 0.29) is 18.3 Å². The predicted molar refractivity (Wildman–Crippen MR) is 74.5 cm³/mol. The van der Waals surface area contributed by atoms with Crippen LogP contribution < -0.4 is 4.74 Å². The summed E-state index contributed by atoms with van der Waals surface area (Å²) in [5.74, 6) is 0.678. The molecule has 4 heteroatoms. The van der Waals surface area contributed by atoms with Gasteiger partial charge in [-0.2, -0.15) is 0 Å². The van der Waals surface area contributed by atoms with Gasteiger partial charge in [-0.05, 0) is 38.1 Å². The lowest BCUT2D eigenvalue weighted by Crippen LogP contribution is -2.34. The molecule has 0 aliphatic carbocycles. The monoisotopic (exact) mass is 263 g/mol. The smallest absolute Gasteiger partial charge is 0.260 e. The van der Waals surface area contributed by atoms with Crippen molar-refractivity contribution in [2.75, 3.05) is 19.7 Å². The molecule has 0 aliphatic rings. The van der Waals surface area contributed by atoms with Gasteiger partial charge in [0.05, 0.1) is 0 Å². The zero-order valence-electron chi connectivity index (χ0n) is 11.8. The summed E-state index contributed by atoms with van der Waals surface area (Å²) in [7, 11) is 0. The lowest BCUT2D eigenvalue weighted by Gasteiger charge is -2.18. The number of amides is 1. The van der Waals surface area contributed by atoms with Crippen LogP contribution in [0.15, 0.2) is 24.3 Å². The van der Waals surface area contributed by atoms with Crippen molar-refractivity contribution in [3.8, 4) is 5.75 Å². The first-order chi connectivity index (χ1) is 9.12. The van der Waals surface area contributed by atoms with Gasteiger partial charge in [-0.15, -0.1) is 0 Å². The number of carbonyl (C=O) groups is 2. The number of hydrogen-bond acceptors (Lipinski definition) is 3. The molecular formula is C15H21NO3. The predicted octanol–water partition coefficient (Wildman–Crippen LogP) is 2.53. The zero-order chi connectivity index (χ0) is 14.3. The SMILES string of the molecule is CCC(=O)c1ccc(OCC(=O)N(CC)CC)cc1. The number of hydrogen-bond donors (Lipinski definition) is 0. The molecule has 104 valence electrons. The fourth-order valence-electron chi connectivity index (χ4n) is 1.75. The molecule has 0 spiro atoms. The molecule has 0 unspecified atom stereocenters. The summed E-state index contributed by atoms with van der Waals surface area (Å²) < 4.78 is 5.42. The molecule has 0 fully saturated rings. The van der Waals surface area contributed by atoms with E-state index in [1.54, 1.807) is 29.2 Å². The summed E-state index contributed by atoms with van der Waals surface area (Å²) in [6, 6.07) is 6.89. The molecule has 0 bridgehead atoms. The Morgan fingerprint density at radius 2 is 1.63 bits per heavy atom. The van der Waals surface area contributed by atoms with Crippen LogP contribution in [-0.4, -0.2) is 36.3 Å². The van der Waals surface area contributed by atoms with Crippen molar-refractivity contribution in [3.05, 3.63) is 29.8 Å². The third-order valence-corrected chi connectivity index (χ3v) is 2.98. The van der Waals surface area contributed by atoms with Gasteiger partial charge in [0.15, 0.2) is 12.4 Å². The van der Waals surface area contributed by atoms with Crippen LogP contribution in [0, 0.1) is 0 Å². The molecule has 19 heavy (non-hydrogen) atoms. The summed E-state index contributed by atoms with van der Waals surface area (Å²) in [5, 5.41) is 0. The van der Waals surface area contributed by atoms with Gasteiger partial charge < -0.3 is 9.64 Å². The van der Waals surface area contributed by atoms with Gasteiger partial charge in [-0.25, -0.2) is 0 Å². The quantitative estimate of drug-likeness (QED) is 0.710. The van der Waals surface area contributed by atoms with E-state index in [9.17, 15) is 9.59 Å². The highest BCUT2D eigenvalue weighted by atomic mass is 16.5. The Morgan fingerprint density at radius 3 is 2.11 bits per heavy atom. The van der Waals surface area contributed by atoms with Crippen molar-refractivity contribution in [2.45, 2.75) is 27.2 Å². The average Bonchev–Trinajstić information content (AvgIpc) is 2.46. The summed E-state index contributed by atoms with van der Waals surface area (Å²) >= 11 is 0. The van der Waals surface area contributed by atoms with Crippen LogP contribution in [-0.2, 0) is 4.79 Å². The largest absolute Gasteiger partial charge is 0.484 e. The molecular weight excluding hydrogens is 242 g/mol. The summed E-state index contributed by atoms with van der Waals surface area (Å²) in [6.07, 6.45) is 0.487. The number of ether oxygens (including phenoxy) is 1. The molecule has 1 amide bonds. The normalized spacial score (nSPS) is 10.1. The number of benzene rings is 1. The van der Waals surface area contributed by atoms with Crippen molar-refractivity contribution in [1.82, 2.24) is 4.90 Å². The molecule has 0 aliphatic heterocycles. The van der Waals surface area contributed by atoms with E-state index in [4.69, 9.17) is 4.74 Å². The maximum atomic E-state index is 11.7. The standard InChI is InChI=1S/C15H21NO3/c1-4-14(17)12-7-9-13(10-8-12)19-11-15(18)16(5-2)6-3/h7-10H,4-6,11H2,1-3H3. The van der Waals surface area contributed by atoms with Crippen LogP contribution in [0.1, 0.15) is 37.6 Å². The minimum atomic E-state index is -0.0290. The van der Waals surface area contributed by atoms with E-state index in [2.05, 4.69) is 0 Å². The van der Waals surface area contributed by atoms with Gasteiger partial charge in [0.2, 0.25) is 0 Å². The van der Waals surface area contributed by atoms with E-state index in [1.807, 2.05) is 20.8 Å². The average molecular weight is 263 g/mol. The van der Waals surface area contributed by atoms with Gasteiger partial charge in [0, 0.05) is 25.1 Å². The van der Waals surface area contributed by atoms with Gasteiger partial charge in [0.1, 0.15) is 5.75 Å². The summed E-state index contributed by atoms with van der Waals surface area (Å²) in [4.78, 5) is 24.9. The summed E-state index contributed by atoms with van der Waals surface area (Å²) in [6.45, 7) is 7.10. The van der Waals surface area contributed by atoms with E-state index in [1.165, 1.54) is 0 Å². The first-order valence-electron chi connectivity index (χ1n) is 6.66. The van der Waals surface area contributed by atoms with E-state index >= 15 is 0 Å². The second-order valence-corrected chi connectivity index (χ2v) is 4.16. The number of carbonyl (C=O) groups excluding carboxylic acids is 2. The number of Topliss-reactive ketones (excluding diaryl/α,β-unsaturated/α-hetero) is 1. The lowest BCUT2D eigenvalue weighted by molar-refractivity contribution is -0.132. The molecule has 0 saturated carbocycles. The highest BCUT2D eigenvalue weighted by Crippen LogP contribution is 2.13. The number of likely N-dealkylation sites (N-methyl/N-ethyl adjacent to an activating group) is 1. The molecule has 4 nitrogen and oxygen atoms in total. The number of nitrogens with zero attached hydrogens (tertiary/aromatic N) is 1. The fourth-order valence-corrected chi connectivity index (χ4v) is 1.75. The van der Waals surface area contributed by atoms with Gasteiger partial charge in [-0.3, -0.25) is 9.59 Å². The Labute approximate surface area is 114 Å². The highest BCUT2D eigenvalue weighted by Gasteiger charge is 2.10. The van der Waals surface area contributed by atoms with Crippen molar-refractivity contribution in [2.24, 2.45) is 0 Å². The lowest BCUT2D eigenvalue weighted by atomic mass is 10.1. The Hall–Kier alpha value is -1.84. The van der Waals surface area contributed by atoms with Gasteiger partial charge in [0.25, 0.3) is 5.91 Å². The van der Waals surface area contributed by atoms with E-state index in [0.717, 1.165) is 0 Å². The molecule has 0 radical (unpaired) electrons. The molecule has 0 heterocycles. The Balaban J connectivity index is 2.54. The Bertz CT molecular complexity index is 422. The number of rotatable bonds is 7. The first-order valence-corrected chi connectivity index (χ1v) is 6.66. The Kier molecular flexibility index (Phi) is 6.06. The van der Waals surface area contributed by atoms with Crippen molar-refractivity contribution >= 4 is 11.7 Å². The highest BCUT2D eigenvalue weighted by molar-refractivity contribution is 5.95. The van der Waals surface area contributed by atoms with Crippen LogP contribution in [0.5, 0.6) is 5.75 Å². The molecule has 0 atom stereocenters. The zero-order valence-corrected chi connectivity index (χ0v) is 11.8. The third kappa shape index (κ3) is 4.39. The van der Waals surface area contributed by atoms with Crippen LogP contribution in [0.3, 0.4) is 0 Å². The van der Waals surface area contributed by atoms with E-state index in [0.29, 0.717) is 30.8 Å². The second-order valence-electron chi connectivity index (χ2n) is 4.16. The molecule has 0 N–H and O–H groups in total. The number of ketones is 1. The minimum Gasteiger partial charge on any atom is -0.484 e. The van der Waals surface area contributed by atoms with Crippen molar-refractivity contribution in [1.29, 1.82) is 0 Å². The molecule has 0 saturated heterocycles. The topological polar surface area (TPSA) is 46.6 Å².